The van der Waals surface area contributed by atoms with Crippen molar-refractivity contribution in [3.8, 4) is 17.6 Å². The van der Waals surface area contributed by atoms with E-state index in [-0.39, 0.29) is 5.56 Å². The summed E-state index contributed by atoms with van der Waals surface area (Å²) in [6.45, 7) is 10.4. The lowest BCUT2D eigenvalue weighted by atomic mass is 9.76. The Labute approximate surface area is 151 Å². The second-order valence-electron chi connectivity index (χ2n) is 7.69. The SMILES string of the molecule is CC(C)(O)C#Cc1cc(OC(F)(F)F)ccc1B1OC(C)(C)C(C)(C)O1. The van der Waals surface area contributed by atoms with Crippen molar-refractivity contribution in [2.24, 2.45) is 0 Å². The zero-order valence-corrected chi connectivity index (χ0v) is 15.6. The molecule has 0 atom stereocenters. The summed E-state index contributed by atoms with van der Waals surface area (Å²) in [5.74, 6) is 4.89. The molecule has 1 aromatic rings. The van der Waals surface area contributed by atoms with Gasteiger partial charge in [-0.3, -0.25) is 0 Å². The molecule has 0 aliphatic carbocycles. The van der Waals surface area contributed by atoms with Crippen molar-refractivity contribution in [1.29, 1.82) is 0 Å². The Balaban J connectivity index is 2.47. The Morgan fingerprint density at radius 2 is 1.62 bits per heavy atom. The molecule has 0 saturated carbocycles. The highest BCUT2D eigenvalue weighted by molar-refractivity contribution is 6.62. The second kappa shape index (κ2) is 6.48. The van der Waals surface area contributed by atoms with Crippen molar-refractivity contribution in [3.63, 3.8) is 0 Å². The van der Waals surface area contributed by atoms with Gasteiger partial charge in [-0.05, 0) is 59.1 Å². The summed E-state index contributed by atoms with van der Waals surface area (Å²) in [6.07, 6.45) is -4.81. The normalized spacial score (nSPS) is 19.1. The fourth-order valence-corrected chi connectivity index (χ4v) is 2.24. The van der Waals surface area contributed by atoms with Crippen molar-refractivity contribution < 1.29 is 32.3 Å². The first-order valence-corrected chi connectivity index (χ1v) is 8.11. The number of benzene rings is 1. The molecule has 26 heavy (non-hydrogen) atoms. The number of ether oxygens (including phenoxy) is 1. The Morgan fingerprint density at radius 1 is 1.08 bits per heavy atom. The van der Waals surface area contributed by atoms with Crippen molar-refractivity contribution in [3.05, 3.63) is 23.8 Å². The van der Waals surface area contributed by atoms with Crippen molar-refractivity contribution in [2.75, 3.05) is 0 Å². The summed E-state index contributed by atoms with van der Waals surface area (Å²) >= 11 is 0. The molecule has 1 heterocycles. The van der Waals surface area contributed by atoms with Crippen LogP contribution in [-0.4, -0.2) is 35.4 Å². The molecule has 1 saturated heterocycles. The van der Waals surface area contributed by atoms with Crippen LogP contribution in [0.5, 0.6) is 5.75 Å². The van der Waals surface area contributed by atoms with Crippen LogP contribution in [-0.2, 0) is 9.31 Å². The van der Waals surface area contributed by atoms with Crippen molar-refractivity contribution in [2.45, 2.75) is 64.7 Å². The summed E-state index contributed by atoms with van der Waals surface area (Å²) in [4.78, 5) is 0. The first kappa shape index (κ1) is 20.6. The van der Waals surface area contributed by atoms with Crippen LogP contribution >= 0.6 is 0 Å². The predicted molar refractivity (Wildman–Crippen MR) is 92.0 cm³/mol. The maximum Gasteiger partial charge on any atom is 0.573 e. The van der Waals surface area contributed by atoms with Gasteiger partial charge >= 0.3 is 13.5 Å². The van der Waals surface area contributed by atoms with E-state index in [0.717, 1.165) is 6.07 Å². The number of aliphatic hydroxyl groups is 1. The van der Waals surface area contributed by atoms with Crippen LogP contribution < -0.4 is 10.2 Å². The summed E-state index contributed by atoms with van der Waals surface area (Å²) in [6, 6.07) is 3.77. The van der Waals surface area contributed by atoms with Gasteiger partial charge < -0.3 is 19.2 Å². The maximum absolute atomic E-state index is 12.5. The summed E-state index contributed by atoms with van der Waals surface area (Å²) < 4.78 is 53.4. The lowest BCUT2D eigenvalue weighted by molar-refractivity contribution is -0.274. The monoisotopic (exact) mass is 370 g/mol. The largest absolute Gasteiger partial charge is 0.573 e. The number of rotatable bonds is 2. The van der Waals surface area contributed by atoms with Gasteiger partial charge in [-0.25, -0.2) is 0 Å². The zero-order valence-electron chi connectivity index (χ0n) is 15.6. The van der Waals surface area contributed by atoms with Crippen molar-refractivity contribution in [1.82, 2.24) is 0 Å². The molecule has 1 aliphatic heterocycles. The molecule has 1 fully saturated rings. The van der Waals surface area contributed by atoms with Crippen LogP contribution in [0.15, 0.2) is 18.2 Å². The fraction of sp³-hybridized carbons (Fsp3) is 0.556. The van der Waals surface area contributed by atoms with E-state index < -0.39 is 36.0 Å². The highest BCUT2D eigenvalue weighted by atomic mass is 19.4. The van der Waals surface area contributed by atoms with E-state index in [0.29, 0.717) is 5.46 Å². The molecule has 1 N–H and O–H groups in total. The first-order chi connectivity index (χ1) is 11.6. The van der Waals surface area contributed by atoms with Crippen LogP contribution in [0.25, 0.3) is 0 Å². The van der Waals surface area contributed by atoms with E-state index in [1.165, 1.54) is 26.0 Å². The smallest absolute Gasteiger partial charge is 0.406 e. The van der Waals surface area contributed by atoms with Gasteiger partial charge in [0.1, 0.15) is 11.4 Å². The van der Waals surface area contributed by atoms with E-state index in [1.54, 1.807) is 0 Å². The van der Waals surface area contributed by atoms with Gasteiger partial charge in [-0.2, -0.15) is 0 Å². The molecule has 4 nitrogen and oxygen atoms in total. The lowest BCUT2D eigenvalue weighted by Gasteiger charge is -2.32. The van der Waals surface area contributed by atoms with Gasteiger partial charge in [0.05, 0.1) is 11.2 Å². The Hall–Kier alpha value is -1.69. The maximum atomic E-state index is 12.5. The van der Waals surface area contributed by atoms with Crippen LogP contribution in [0.4, 0.5) is 13.2 Å². The van der Waals surface area contributed by atoms with Gasteiger partial charge in [-0.1, -0.05) is 17.9 Å². The molecule has 0 bridgehead atoms. The topological polar surface area (TPSA) is 47.9 Å². The van der Waals surface area contributed by atoms with Crippen LogP contribution in [0.2, 0.25) is 0 Å². The van der Waals surface area contributed by atoms with Crippen LogP contribution in [0.1, 0.15) is 47.1 Å². The highest BCUT2D eigenvalue weighted by Gasteiger charge is 2.52. The Kier molecular flexibility index (Phi) is 5.14. The zero-order chi connectivity index (χ0) is 20.0. The molecule has 0 amide bonds. The minimum absolute atomic E-state index is 0.229. The summed E-state index contributed by atoms with van der Waals surface area (Å²) in [5.41, 5.74) is -1.84. The molecular formula is C18H22BF3O4. The van der Waals surface area contributed by atoms with Gasteiger partial charge in [-0.15, -0.1) is 13.2 Å². The number of hydrogen-bond acceptors (Lipinski definition) is 4. The number of alkyl halides is 3. The van der Waals surface area contributed by atoms with E-state index in [9.17, 15) is 18.3 Å². The van der Waals surface area contributed by atoms with E-state index in [4.69, 9.17) is 9.31 Å². The summed E-state index contributed by atoms with van der Waals surface area (Å²) in [7, 11) is -0.800. The van der Waals surface area contributed by atoms with Crippen molar-refractivity contribution >= 4 is 12.6 Å². The molecule has 0 spiro atoms. The number of halogens is 3. The molecule has 2 rings (SSSR count). The van der Waals surface area contributed by atoms with Gasteiger partial charge in [0.2, 0.25) is 0 Å². The molecule has 1 aromatic carbocycles. The minimum atomic E-state index is -4.81. The molecule has 0 radical (unpaired) electrons. The third-order valence-corrected chi connectivity index (χ3v) is 4.27. The third kappa shape index (κ3) is 4.94. The highest BCUT2D eigenvalue weighted by Crippen LogP contribution is 2.37. The van der Waals surface area contributed by atoms with E-state index >= 15 is 0 Å². The molecular weight excluding hydrogens is 348 g/mol. The third-order valence-electron chi connectivity index (χ3n) is 4.27. The van der Waals surface area contributed by atoms with Gasteiger partial charge in [0.25, 0.3) is 0 Å². The summed E-state index contributed by atoms with van der Waals surface area (Å²) in [5, 5.41) is 9.81. The van der Waals surface area contributed by atoms with E-state index in [2.05, 4.69) is 16.6 Å². The van der Waals surface area contributed by atoms with E-state index in [1.807, 2.05) is 27.7 Å². The fourth-order valence-electron chi connectivity index (χ4n) is 2.24. The number of hydrogen-bond donors (Lipinski definition) is 1. The van der Waals surface area contributed by atoms with Gasteiger partial charge in [0, 0.05) is 5.56 Å². The molecule has 1 aliphatic rings. The standard InChI is InChI=1S/C18H22BF3O4/c1-15(2,23)10-9-12-11-13(24-18(20,21)22)7-8-14(12)19-25-16(3,4)17(5,6)26-19/h7-8,11,23H,1-6H3. The first-order valence-electron chi connectivity index (χ1n) is 8.11. The lowest BCUT2D eigenvalue weighted by Crippen LogP contribution is -2.41. The second-order valence-corrected chi connectivity index (χ2v) is 7.69. The van der Waals surface area contributed by atoms with Gasteiger partial charge in [0.15, 0.2) is 0 Å². The predicted octanol–water partition coefficient (Wildman–Crippen LogP) is 3.01. The minimum Gasteiger partial charge on any atom is -0.406 e. The molecule has 0 unspecified atom stereocenters. The van der Waals surface area contributed by atoms with Crippen LogP contribution in [0.3, 0.4) is 0 Å². The average molecular weight is 370 g/mol. The Morgan fingerprint density at radius 3 is 2.08 bits per heavy atom. The molecule has 0 aromatic heterocycles. The Bertz CT molecular complexity index is 724. The quantitative estimate of drug-likeness (QED) is 0.642. The molecule has 142 valence electrons. The van der Waals surface area contributed by atoms with Crippen LogP contribution in [0, 0.1) is 11.8 Å². The average Bonchev–Trinajstić information content (AvgIpc) is 2.62. The molecule has 8 heteroatoms.